The molecular formula is C19H15BrN2O6. The van der Waals surface area contributed by atoms with Crippen LogP contribution in [0.5, 0.6) is 5.88 Å². The lowest BCUT2D eigenvalue weighted by Crippen LogP contribution is -2.24. The van der Waals surface area contributed by atoms with Crippen LogP contribution in [0.4, 0.5) is 0 Å². The highest BCUT2D eigenvalue weighted by Crippen LogP contribution is 2.31. The first-order valence-electron chi connectivity index (χ1n) is 8.12. The van der Waals surface area contributed by atoms with Gasteiger partial charge in [0, 0.05) is 16.6 Å². The number of nitrogens with zero attached hydrogens (tertiary/aromatic N) is 2. The molecule has 9 heteroatoms. The van der Waals surface area contributed by atoms with Crippen LogP contribution in [0.1, 0.15) is 33.8 Å². The highest BCUT2D eigenvalue weighted by molar-refractivity contribution is 9.10. The van der Waals surface area contributed by atoms with Gasteiger partial charge in [0.25, 0.3) is 5.56 Å². The van der Waals surface area contributed by atoms with Gasteiger partial charge in [0.1, 0.15) is 5.65 Å². The second-order valence-electron chi connectivity index (χ2n) is 5.99. The summed E-state index contributed by atoms with van der Waals surface area (Å²) in [7, 11) is 1.22. The number of aromatic carboxylic acids is 1. The van der Waals surface area contributed by atoms with Crippen molar-refractivity contribution in [1.82, 2.24) is 9.38 Å². The number of aromatic nitrogens is 2. The van der Waals surface area contributed by atoms with Gasteiger partial charge in [-0.2, -0.15) is 4.98 Å². The molecule has 0 aliphatic heterocycles. The number of esters is 1. The number of hydrogen-bond acceptors (Lipinski definition) is 6. The van der Waals surface area contributed by atoms with Gasteiger partial charge in [-0.1, -0.05) is 12.1 Å². The zero-order chi connectivity index (χ0) is 20.4. The van der Waals surface area contributed by atoms with Gasteiger partial charge in [-0.15, -0.1) is 0 Å². The van der Waals surface area contributed by atoms with E-state index >= 15 is 0 Å². The molecule has 0 spiro atoms. The summed E-state index contributed by atoms with van der Waals surface area (Å²) >= 11 is 3.28. The van der Waals surface area contributed by atoms with Crippen molar-refractivity contribution in [3.63, 3.8) is 0 Å². The molecule has 2 heterocycles. The number of carboxylic acids is 1. The minimum absolute atomic E-state index is 0.0575. The molecule has 0 amide bonds. The maximum atomic E-state index is 13.1. The van der Waals surface area contributed by atoms with Crippen LogP contribution in [0.25, 0.3) is 5.65 Å². The number of carboxylic acid groups (broad SMARTS) is 1. The third-order valence-electron chi connectivity index (χ3n) is 4.31. The Morgan fingerprint density at radius 1 is 1.21 bits per heavy atom. The molecule has 144 valence electrons. The van der Waals surface area contributed by atoms with E-state index in [4.69, 9.17) is 9.84 Å². The number of rotatable bonds is 5. The second kappa shape index (κ2) is 7.81. The molecule has 28 heavy (non-hydrogen) atoms. The second-order valence-corrected chi connectivity index (χ2v) is 6.91. The molecule has 0 saturated carbocycles. The molecule has 3 rings (SSSR count). The number of carbonyl (C=O) groups is 2. The van der Waals surface area contributed by atoms with Crippen molar-refractivity contribution in [2.75, 3.05) is 7.11 Å². The summed E-state index contributed by atoms with van der Waals surface area (Å²) in [6.45, 7) is 0. The minimum atomic E-state index is -1.10. The SMILES string of the molecule is COC(=O)CC(c1ccc(C(=O)O)cc1)c1c(O)nc2ccc(Br)cn2c1=O. The van der Waals surface area contributed by atoms with E-state index in [1.807, 2.05) is 0 Å². The van der Waals surface area contributed by atoms with E-state index in [-0.39, 0.29) is 23.2 Å². The van der Waals surface area contributed by atoms with Gasteiger partial charge < -0.3 is 14.9 Å². The fourth-order valence-electron chi connectivity index (χ4n) is 2.91. The van der Waals surface area contributed by atoms with Crippen LogP contribution in [-0.2, 0) is 9.53 Å². The van der Waals surface area contributed by atoms with Crippen molar-refractivity contribution in [2.45, 2.75) is 12.3 Å². The van der Waals surface area contributed by atoms with Crippen molar-refractivity contribution < 1.29 is 24.5 Å². The lowest BCUT2D eigenvalue weighted by atomic mass is 9.89. The Bertz CT molecular complexity index is 1120. The predicted octanol–water partition coefficient (Wildman–Crippen LogP) is 2.56. The van der Waals surface area contributed by atoms with Crippen LogP contribution in [0.15, 0.2) is 51.9 Å². The first kappa shape index (κ1) is 19.6. The molecule has 8 nitrogen and oxygen atoms in total. The van der Waals surface area contributed by atoms with Crippen molar-refractivity contribution in [2.24, 2.45) is 0 Å². The number of hydrogen-bond donors (Lipinski definition) is 2. The maximum absolute atomic E-state index is 13.1. The molecule has 0 aliphatic carbocycles. The number of ether oxygens (including phenoxy) is 1. The molecule has 0 aliphatic rings. The van der Waals surface area contributed by atoms with Gasteiger partial charge in [0.2, 0.25) is 5.88 Å². The van der Waals surface area contributed by atoms with E-state index in [1.54, 1.807) is 12.1 Å². The summed E-state index contributed by atoms with van der Waals surface area (Å²) < 4.78 is 6.61. The van der Waals surface area contributed by atoms with E-state index in [2.05, 4.69) is 20.9 Å². The third kappa shape index (κ3) is 3.74. The number of benzene rings is 1. The van der Waals surface area contributed by atoms with Crippen LogP contribution in [-0.4, -0.2) is 38.6 Å². The van der Waals surface area contributed by atoms with E-state index in [0.717, 1.165) is 0 Å². The Balaban J connectivity index is 2.21. The van der Waals surface area contributed by atoms with E-state index in [1.165, 1.54) is 42.0 Å². The van der Waals surface area contributed by atoms with Gasteiger partial charge >= 0.3 is 11.9 Å². The monoisotopic (exact) mass is 446 g/mol. The lowest BCUT2D eigenvalue weighted by molar-refractivity contribution is -0.140. The lowest BCUT2D eigenvalue weighted by Gasteiger charge is -2.18. The molecule has 1 aromatic carbocycles. The van der Waals surface area contributed by atoms with Gasteiger partial charge in [0.15, 0.2) is 0 Å². The quantitative estimate of drug-likeness (QED) is 0.578. The molecular weight excluding hydrogens is 432 g/mol. The average Bonchev–Trinajstić information content (AvgIpc) is 2.67. The van der Waals surface area contributed by atoms with Crippen LogP contribution >= 0.6 is 15.9 Å². The van der Waals surface area contributed by atoms with E-state index in [9.17, 15) is 19.5 Å². The van der Waals surface area contributed by atoms with Gasteiger partial charge in [-0.05, 0) is 45.8 Å². The Kier molecular flexibility index (Phi) is 5.46. The number of aromatic hydroxyl groups is 1. The molecule has 0 radical (unpaired) electrons. The molecule has 3 aromatic rings. The molecule has 0 bridgehead atoms. The standard InChI is InChI=1S/C19H15BrN2O6/c1-28-15(23)8-13(10-2-4-11(5-3-10)19(26)27)16-17(24)21-14-7-6-12(20)9-22(14)18(16)25/h2-7,9,13,24H,8H2,1H3,(H,26,27). The number of carbonyl (C=O) groups excluding carboxylic acids is 1. The molecule has 2 N–H and O–H groups in total. The highest BCUT2D eigenvalue weighted by atomic mass is 79.9. The van der Waals surface area contributed by atoms with Crippen LogP contribution in [0.3, 0.4) is 0 Å². The summed E-state index contributed by atoms with van der Waals surface area (Å²) in [5.74, 6) is -3.06. The highest BCUT2D eigenvalue weighted by Gasteiger charge is 2.27. The van der Waals surface area contributed by atoms with Crippen molar-refractivity contribution >= 4 is 33.5 Å². The summed E-state index contributed by atoms with van der Waals surface area (Å²) in [5, 5.41) is 19.5. The Hall–Kier alpha value is -3.20. The normalized spacial score (nSPS) is 11.9. The summed E-state index contributed by atoms with van der Waals surface area (Å²) in [6.07, 6.45) is 1.28. The molecule has 1 unspecified atom stereocenters. The first-order valence-corrected chi connectivity index (χ1v) is 8.92. The zero-order valence-corrected chi connectivity index (χ0v) is 16.2. The van der Waals surface area contributed by atoms with E-state index in [0.29, 0.717) is 10.0 Å². The fourth-order valence-corrected chi connectivity index (χ4v) is 3.25. The van der Waals surface area contributed by atoms with Crippen molar-refractivity contribution in [1.29, 1.82) is 0 Å². The fraction of sp³-hybridized carbons (Fsp3) is 0.158. The first-order chi connectivity index (χ1) is 13.3. The third-order valence-corrected chi connectivity index (χ3v) is 4.78. The van der Waals surface area contributed by atoms with Crippen molar-refractivity contribution in [3.8, 4) is 5.88 Å². The van der Waals surface area contributed by atoms with Gasteiger partial charge in [-0.25, -0.2) is 4.79 Å². The van der Waals surface area contributed by atoms with Gasteiger partial charge in [-0.3, -0.25) is 14.0 Å². The van der Waals surface area contributed by atoms with E-state index < -0.39 is 29.3 Å². The Morgan fingerprint density at radius 3 is 2.50 bits per heavy atom. The Labute approximate surface area is 167 Å². The van der Waals surface area contributed by atoms with Crippen molar-refractivity contribution in [3.05, 3.63) is 74.1 Å². The van der Waals surface area contributed by atoms with Gasteiger partial charge in [0.05, 0.1) is 24.7 Å². The zero-order valence-electron chi connectivity index (χ0n) is 14.6. The number of pyridine rings is 1. The maximum Gasteiger partial charge on any atom is 0.335 e. The topological polar surface area (TPSA) is 118 Å². The number of methoxy groups -OCH3 is 1. The average molecular weight is 447 g/mol. The molecule has 2 aromatic heterocycles. The molecule has 1 atom stereocenters. The number of halogens is 1. The number of fused-ring (bicyclic) bond motifs is 1. The Morgan fingerprint density at radius 2 is 1.89 bits per heavy atom. The molecule has 0 saturated heterocycles. The van der Waals surface area contributed by atoms with Crippen LogP contribution in [0, 0.1) is 0 Å². The summed E-state index contributed by atoms with van der Waals surface area (Å²) in [4.78, 5) is 40.1. The van der Waals surface area contributed by atoms with Crippen LogP contribution in [0.2, 0.25) is 0 Å². The summed E-state index contributed by atoms with van der Waals surface area (Å²) in [5.41, 5.74) is 0.151. The van der Waals surface area contributed by atoms with Crippen LogP contribution < -0.4 is 5.56 Å². The largest absolute Gasteiger partial charge is 0.493 e. The smallest absolute Gasteiger partial charge is 0.335 e. The summed E-state index contributed by atoms with van der Waals surface area (Å²) in [6, 6.07) is 8.95. The predicted molar refractivity (Wildman–Crippen MR) is 103 cm³/mol. The minimum Gasteiger partial charge on any atom is -0.493 e. The molecule has 0 fully saturated rings.